The maximum Gasteiger partial charge on any atom is 0.306 e. The fourth-order valence-electron chi connectivity index (χ4n) is 1.21. The van der Waals surface area contributed by atoms with Crippen LogP contribution in [0.15, 0.2) is 24.3 Å². The molecule has 2 N–H and O–H groups in total. The smallest absolute Gasteiger partial charge is 0.306 e. The van der Waals surface area contributed by atoms with Gasteiger partial charge in [0.2, 0.25) is 0 Å². The van der Waals surface area contributed by atoms with Gasteiger partial charge in [0, 0.05) is 0 Å². The van der Waals surface area contributed by atoms with E-state index in [-0.39, 0.29) is 5.92 Å². The van der Waals surface area contributed by atoms with Crippen molar-refractivity contribution in [2.45, 2.75) is 46.5 Å². The van der Waals surface area contributed by atoms with Crippen LogP contribution in [0.3, 0.4) is 0 Å². The predicted octanol–water partition coefficient (Wildman–Crippen LogP) is 4.02. The lowest BCUT2D eigenvalue weighted by Gasteiger charge is -2.07. The molecule has 102 valence electrons. The third-order valence-electron chi connectivity index (χ3n) is 3.11. The maximum absolute atomic E-state index is 9.93. The van der Waals surface area contributed by atoms with E-state index in [0.717, 1.165) is 12.8 Å². The highest BCUT2D eigenvalue weighted by Crippen LogP contribution is 2.20. The van der Waals surface area contributed by atoms with Crippen LogP contribution in [0, 0.1) is 5.92 Å². The van der Waals surface area contributed by atoms with Gasteiger partial charge in [-0.15, -0.1) is 0 Å². The van der Waals surface area contributed by atoms with Crippen molar-refractivity contribution in [3.05, 3.63) is 29.8 Å². The summed E-state index contributed by atoms with van der Waals surface area (Å²) in [5, 5.41) is 17.2. The van der Waals surface area contributed by atoms with Gasteiger partial charge in [-0.2, -0.15) is 0 Å². The van der Waals surface area contributed by atoms with Crippen LogP contribution in [0.5, 0.6) is 5.75 Å². The largest absolute Gasteiger partial charge is 0.508 e. The van der Waals surface area contributed by atoms with E-state index in [0.29, 0.717) is 11.7 Å². The van der Waals surface area contributed by atoms with Crippen molar-refractivity contribution < 1.29 is 15.0 Å². The molecule has 0 aliphatic rings. The number of phenolic OH excluding ortho intramolecular Hbond substituents is 1. The minimum Gasteiger partial charge on any atom is -0.508 e. The molecular formula is C15H24O3. The Morgan fingerprint density at radius 3 is 1.89 bits per heavy atom. The molecule has 0 radical (unpaired) electrons. The first-order chi connectivity index (χ1) is 8.42. The van der Waals surface area contributed by atoms with Gasteiger partial charge in [-0.3, -0.25) is 4.79 Å². The Hall–Kier alpha value is -1.51. The molecule has 0 aromatic heterocycles. The number of aromatic hydroxyl groups is 1. The Bertz CT molecular complexity index is 343. The summed E-state index contributed by atoms with van der Waals surface area (Å²) in [7, 11) is 0. The van der Waals surface area contributed by atoms with E-state index in [4.69, 9.17) is 10.2 Å². The highest BCUT2D eigenvalue weighted by Gasteiger charge is 2.05. The highest BCUT2D eigenvalue weighted by atomic mass is 16.4. The standard InChI is InChI=1S/C10H14O.C5H10O2/c1-3-8(2)9-4-6-10(11)7-5-9;1-3-4(2)5(6)7/h4-8,11H,3H2,1-2H3;4H,3H2,1-2H3,(H,6,7). The lowest BCUT2D eigenvalue weighted by Crippen LogP contribution is -2.06. The zero-order valence-corrected chi connectivity index (χ0v) is 11.7. The van der Waals surface area contributed by atoms with Crippen molar-refractivity contribution >= 4 is 5.97 Å². The molecule has 2 unspecified atom stereocenters. The summed E-state index contributed by atoms with van der Waals surface area (Å²) >= 11 is 0. The fraction of sp³-hybridized carbons (Fsp3) is 0.533. The average molecular weight is 252 g/mol. The number of rotatable bonds is 4. The second-order valence-corrected chi connectivity index (χ2v) is 4.55. The Balaban J connectivity index is 0.000000360. The Kier molecular flexibility index (Phi) is 7.84. The molecule has 0 saturated heterocycles. The summed E-state index contributed by atoms with van der Waals surface area (Å²) in [4.78, 5) is 9.93. The van der Waals surface area contributed by atoms with Crippen LogP contribution >= 0.6 is 0 Å². The van der Waals surface area contributed by atoms with Crippen molar-refractivity contribution in [2.24, 2.45) is 5.92 Å². The van der Waals surface area contributed by atoms with Gasteiger partial charge >= 0.3 is 5.97 Å². The summed E-state index contributed by atoms with van der Waals surface area (Å²) in [6.07, 6.45) is 1.86. The van der Waals surface area contributed by atoms with Crippen LogP contribution in [0.2, 0.25) is 0 Å². The first-order valence-corrected chi connectivity index (χ1v) is 6.44. The molecule has 18 heavy (non-hydrogen) atoms. The molecule has 3 nitrogen and oxygen atoms in total. The van der Waals surface area contributed by atoms with Gasteiger partial charge in [0.25, 0.3) is 0 Å². The molecule has 0 bridgehead atoms. The first-order valence-electron chi connectivity index (χ1n) is 6.44. The van der Waals surface area contributed by atoms with Crippen LogP contribution in [0.1, 0.15) is 52.0 Å². The summed E-state index contributed by atoms with van der Waals surface area (Å²) in [6, 6.07) is 7.43. The third-order valence-corrected chi connectivity index (χ3v) is 3.11. The number of hydrogen-bond donors (Lipinski definition) is 2. The van der Waals surface area contributed by atoms with Crippen LogP contribution in [0.25, 0.3) is 0 Å². The van der Waals surface area contributed by atoms with E-state index in [1.807, 2.05) is 19.1 Å². The number of hydrogen-bond acceptors (Lipinski definition) is 2. The van der Waals surface area contributed by atoms with E-state index in [2.05, 4.69) is 13.8 Å². The molecular weight excluding hydrogens is 228 g/mol. The summed E-state index contributed by atoms with van der Waals surface area (Å²) in [5.74, 6) is 0.0511. The van der Waals surface area contributed by atoms with Crippen LogP contribution in [0.4, 0.5) is 0 Å². The molecule has 1 rings (SSSR count). The van der Waals surface area contributed by atoms with E-state index in [1.165, 1.54) is 5.56 Å². The van der Waals surface area contributed by atoms with Crippen LogP contribution < -0.4 is 0 Å². The minimum absolute atomic E-state index is 0.181. The molecule has 0 saturated carbocycles. The fourth-order valence-corrected chi connectivity index (χ4v) is 1.21. The summed E-state index contributed by atoms with van der Waals surface area (Å²) < 4.78 is 0. The van der Waals surface area contributed by atoms with Crippen LogP contribution in [-0.2, 0) is 4.79 Å². The number of carbonyl (C=O) groups is 1. The van der Waals surface area contributed by atoms with E-state index < -0.39 is 5.97 Å². The van der Waals surface area contributed by atoms with Crippen molar-refractivity contribution in [3.63, 3.8) is 0 Å². The first kappa shape index (κ1) is 16.5. The predicted molar refractivity (Wildman–Crippen MR) is 73.9 cm³/mol. The van der Waals surface area contributed by atoms with Gasteiger partial charge in [-0.05, 0) is 36.5 Å². The number of aliphatic carboxylic acids is 1. The molecule has 2 atom stereocenters. The second kappa shape index (κ2) is 8.56. The van der Waals surface area contributed by atoms with Crippen molar-refractivity contribution in [2.75, 3.05) is 0 Å². The molecule has 1 aromatic rings. The van der Waals surface area contributed by atoms with E-state index in [9.17, 15) is 4.79 Å². The lowest BCUT2D eigenvalue weighted by molar-refractivity contribution is -0.141. The van der Waals surface area contributed by atoms with Crippen molar-refractivity contribution in [3.8, 4) is 5.75 Å². The maximum atomic E-state index is 9.93. The van der Waals surface area contributed by atoms with Gasteiger partial charge in [-0.25, -0.2) is 0 Å². The highest BCUT2D eigenvalue weighted by molar-refractivity contribution is 5.69. The third kappa shape index (κ3) is 6.28. The molecule has 0 amide bonds. The Morgan fingerprint density at radius 1 is 1.11 bits per heavy atom. The lowest BCUT2D eigenvalue weighted by atomic mass is 9.99. The molecule has 1 aromatic carbocycles. The van der Waals surface area contributed by atoms with Crippen molar-refractivity contribution in [1.82, 2.24) is 0 Å². The van der Waals surface area contributed by atoms with Gasteiger partial charge < -0.3 is 10.2 Å². The summed E-state index contributed by atoms with van der Waals surface area (Å²) in [5.41, 5.74) is 1.30. The van der Waals surface area contributed by atoms with Gasteiger partial charge in [-0.1, -0.05) is 39.8 Å². The minimum atomic E-state index is -0.706. The zero-order chi connectivity index (χ0) is 14.1. The SMILES string of the molecule is CCC(C)C(=O)O.CCC(C)c1ccc(O)cc1. The van der Waals surface area contributed by atoms with Gasteiger partial charge in [0.05, 0.1) is 5.92 Å². The van der Waals surface area contributed by atoms with E-state index >= 15 is 0 Å². The molecule has 0 aliphatic carbocycles. The van der Waals surface area contributed by atoms with E-state index in [1.54, 1.807) is 19.1 Å². The normalized spacial score (nSPS) is 13.1. The summed E-state index contributed by atoms with van der Waals surface area (Å²) in [6.45, 7) is 7.91. The number of phenols is 1. The zero-order valence-electron chi connectivity index (χ0n) is 11.7. The van der Waals surface area contributed by atoms with Crippen LogP contribution in [-0.4, -0.2) is 16.2 Å². The topological polar surface area (TPSA) is 57.5 Å². The number of carboxylic acid groups (broad SMARTS) is 1. The van der Waals surface area contributed by atoms with Gasteiger partial charge in [0.15, 0.2) is 0 Å². The quantitative estimate of drug-likeness (QED) is 0.850. The van der Waals surface area contributed by atoms with Gasteiger partial charge in [0.1, 0.15) is 5.75 Å². The average Bonchev–Trinajstić information content (AvgIpc) is 2.38. The molecule has 0 heterocycles. The molecule has 3 heteroatoms. The van der Waals surface area contributed by atoms with Crippen molar-refractivity contribution in [1.29, 1.82) is 0 Å². The Morgan fingerprint density at radius 2 is 1.61 bits per heavy atom. The molecule has 0 aliphatic heterocycles. The molecule has 0 fully saturated rings. The number of carboxylic acids is 1. The Labute approximate surface area is 109 Å². The monoisotopic (exact) mass is 252 g/mol. The number of benzene rings is 1. The second-order valence-electron chi connectivity index (χ2n) is 4.55. The molecule has 0 spiro atoms.